The van der Waals surface area contributed by atoms with Gasteiger partial charge in [-0.3, -0.25) is 9.69 Å². The van der Waals surface area contributed by atoms with E-state index in [9.17, 15) is 4.79 Å². The molecule has 1 N–H and O–H groups in total. The Morgan fingerprint density at radius 1 is 1.26 bits per heavy atom. The van der Waals surface area contributed by atoms with Crippen molar-refractivity contribution in [2.45, 2.75) is 26.0 Å². The fourth-order valence-corrected chi connectivity index (χ4v) is 2.50. The van der Waals surface area contributed by atoms with Crippen molar-refractivity contribution in [1.29, 1.82) is 0 Å². The van der Waals surface area contributed by atoms with Crippen molar-refractivity contribution in [1.82, 2.24) is 4.90 Å². The lowest BCUT2D eigenvalue weighted by molar-refractivity contribution is -0.143. The minimum absolute atomic E-state index is 0.152. The van der Waals surface area contributed by atoms with Gasteiger partial charge in [0.05, 0.1) is 12.5 Å². The average molecular weight is 263 g/mol. The number of likely N-dealkylation sites (tertiary alicyclic amines) is 1. The van der Waals surface area contributed by atoms with Crippen molar-refractivity contribution in [3.8, 4) is 0 Å². The van der Waals surface area contributed by atoms with Gasteiger partial charge >= 0.3 is 5.97 Å². The van der Waals surface area contributed by atoms with E-state index in [1.54, 1.807) is 7.11 Å². The van der Waals surface area contributed by atoms with Crippen LogP contribution in [0.15, 0.2) is 24.3 Å². The lowest BCUT2D eigenvalue weighted by atomic mass is 9.97. The van der Waals surface area contributed by atoms with Crippen molar-refractivity contribution in [2.75, 3.05) is 20.2 Å². The summed E-state index contributed by atoms with van der Waals surface area (Å²) in [5.74, 6) is -0.802. The van der Waals surface area contributed by atoms with E-state index in [-0.39, 0.29) is 5.92 Å². The maximum atomic E-state index is 10.9. The third-order valence-corrected chi connectivity index (χ3v) is 3.68. The van der Waals surface area contributed by atoms with E-state index in [2.05, 4.69) is 29.2 Å². The lowest BCUT2D eigenvalue weighted by Gasteiger charge is -2.30. The van der Waals surface area contributed by atoms with E-state index in [0.717, 1.165) is 32.5 Å². The first-order valence-corrected chi connectivity index (χ1v) is 6.71. The molecule has 1 fully saturated rings. The maximum absolute atomic E-state index is 10.9. The molecule has 1 aromatic carbocycles. The van der Waals surface area contributed by atoms with Crippen molar-refractivity contribution in [3.63, 3.8) is 0 Å². The van der Waals surface area contributed by atoms with Gasteiger partial charge in [0.2, 0.25) is 0 Å². The van der Waals surface area contributed by atoms with E-state index < -0.39 is 5.97 Å². The Morgan fingerprint density at radius 3 is 2.37 bits per heavy atom. The molecule has 0 bridgehead atoms. The molecular weight excluding hydrogens is 242 g/mol. The van der Waals surface area contributed by atoms with Gasteiger partial charge in [0, 0.05) is 13.7 Å². The molecule has 0 unspecified atom stereocenters. The number of nitrogens with zero attached hydrogens (tertiary/aromatic N) is 1. The van der Waals surface area contributed by atoms with Gasteiger partial charge in [-0.25, -0.2) is 0 Å². The highest BCUT2D eigenvalue weighted by Gasteiger charge is 2.24. The van der Waals surface area contributed by atoms with Crippen LogP contribution in [0, 0.1) is 5.92 Å². The van der Waals surface area contributed by atoms with Crippen molar-refractivity contribution >= 4 is 5.97 Å². The normalized spacial score (nSPS) is 17.5. The first kappa shape index (κ1) is 14.0. The van der Waals surface area contributed by atoms with Gasteiger partial charge in [0.25, 0.3) is 0 Å². The molecule has 1 saturated heterocycles. The first-order chi connectivity index (χ1) is 9.19. The molecule has 19 heavy (non-hydrogen) atoms. The molecule has 1 aromatic rings. The number of methoxy groups -OCH3 is 1. The van der Waals surface area contributed by atoms with E-state index in [1.807, 2.05) is 0 Å². The molecule has 0 aliphatic carbocycles. The Morgan fingerprint density at radius 2 is 1.84 bits per heavy atom. The molecule has 0 aromatic heterocycles. The molecule has 4 nitrogen and oxygen atoms in total. The summed E-state index contributed by atoms with van der Waals surface area (Å²) < 4.78 is 5.09. The highest BCUT2D eigenvalue weighted by molar-refractivity contribution is 5.70. The predicted molar refractivity (Wildman–Crippen MR) is 72.8 cm³/mol. The van der Waals surface area contributed by atoms with Gasteiger partial charge in [-0.2, -0.15) is 0 Å². The third-order valence-electron chi connectivity index (χ3n) is 3.68. The van der Waals surface area contributed by atoms with Crippen LogP contribution in [0.5, 0.6) is 0 Å². The average Bonchev–Trinajstić information content (AvgIpc) is 2.42. The van der Waals surface area contributed by atoms with E-state index in [0.29, 0.717) is 6.61 Å². The van der Waals surface area contributed by atoms with E-state index in [1.165, 1.54) is 11.1 Å². The highest BCUT2D eigenvalue weighted by Crippen LogP contribution is 2.19. The van der Waals surface area contributed by atoms with Crippen LogP contribution in [0.1, 0.15) is 24.0 Å². The first-order valence-electron chi connectivity index (χ1n) is 6.71. The smallest absolute Gasteiger partial charge is 0.306 e. The largest absolute Gasteiger partial charge is 0.481 e. The Balaban J connectivity index is 1.83. The van der Waals surface area contributed by atoms with Crippen LogP contribution >= 0.6 is 0 Å². The Hall–Kier alpha value is -1.39. The Bertz CT molecular complexity index is 408. The summed E-state index contributed by atoms with van der Waals surface area (Å²) in [7, 11) is 1.69. The fraction of sp³-hybridized carbons (Fsp3) is 0.533. The van der Waals surface area contributed by atoms with Crippen LogP contribution in [0.3, 0.4) is 0 Å². The zero-order chi connectivity index (χ0) is 13.7. The molecule has 0 atom stereocenters. The summed E-state index contributed by atoms with van der Waals surface area (Å²) in [6.45, 7) is 3.29. The molecule has 1 aliphatic heterocycles. The molecular formula is C15H21NO3. The highest BCUT2D eigenvalue weighted by atomic mass is 16.5. The molecule has 0 saturated carbocycles. The number of aliphatic carboxylic acids is 1. The van der Waals surface area contributed by atoms with Crippen LogP contribution in [0.4, 0.5) is 0 Å². The molecule has 4 heteroatoms. The zero-order valence-electron chi connectivity index (χ0n) is 11.3. The second-order valence-electron chi connectivity index (χ2n) is 5.14. The number of carboxylic acid groups (broad SMARTS) is 1. The van der Waals surface area contributed by atoms with Gasteiger partial charge < -0.3 is 9.84 Å². The molecule has 2 rings (SSSR count). The number of benzene rings is 1. The van der Waals surface area contributed by atoms with Crippen LogP contribution < -0.4 is 0 Å². The quantitative estimate of drug-likeness (QED) is 0.884. The summed E-state index contributed by atoms with van der Waals surface area (Å²) in [5.41, 5.74) is 2.45. The molecule has 0 amide bonds. The van der Waals surface area contributed by atoms with Gasteiger partial charge in [0.1, 0.15) is 0 Å². The molecule has 104 valence electrons. The predicted octanol–water partition coefficient (Wildman–Crippen LogP) is 2.13. The fourth-order valence-electron chi connectivity index (χ4n) is 2.50. The number of carbonyl (C=O) groups is 1. The monoisotopic (exact) mass is 263 g/mol. The van der Waals surface area contributed by atoms with Crippen molar-refractivity contribution in [2.24, 2.45) is 5.92 Å². The third kappa shape index (κ3) is 4.04. The standard InChI is InChI=1S/C15H21NO3/c1-19-11-13-4-2-12(3-5-13)10-16-8-6-14(7-9-16)15(17)18/h2-5,14H,6-11H2,1H3,(H,17,18). The van der Waals surface area contributed by atoms with E-state index in [4.69, 9.17) is 9.84 Å². The van der Waals surface area contributed by atoms with Crippen LogP contribution in [-0.4, -0.2) is 36.2 Å². The van der Waals surface area contributed by atoms with Gasteiger partial charge in [-0.05, 0) is 37.1 Å². The zero-order valence-corrected chi connectivity index (χ0v) is 11.3. The summed E-state index contributed by atoms with van der Waals surface area (Å²) in [4.78, 5) is 13.2. The number of rotatable bonds is 5. The van der Waals surface area contributed by atoms with Crippen molar-refractivity contribution < 1.29 is 14.6 Å². The van der Waals surface area contributed by atoms with Crippen LogP contribution in [-0.2, 0) is 22.7 Å². The summed E-state index contributed by atoms with van der Waals surface area (Å²) in [5, 5.41) is 8.96. The van der Waals surface area contributed by atoms with Gasteiger partial charge in [0.15, 0.2) is 0 Å². The number of hydrogen-bond donors (Lipinski definition) is 1. The number of ether oxygens (including phenoxy) is 1. The summed E-state index contributed by atoms with van der Waals surface area (Å²) >= 11 is 0. The van der Waals surface area contributed by atoms with Crippen molar-refractivity contribution in [3.05, 3.63) is 35.4 Å². The Kier molecular flexibility index (Phi) is 4.93. The van der Waals surface area contributed by atoms with Crippen LogP contribution in [0.25, 0.3) is 0 Å². The van der Waals surface area contributed by atoms with E-state index >= 15 is 0 Å². The number of carboxylic acids is 1. The second-order valence-corrected chi connectivity index (χ2v) is 5.14. The second kappa shape index (κ2) is 6.68. The molecule has 1 heterocycles. The summed E-state index contributed by atoms with van der Waals surface area (Å²) in [6.07, 6.45) is 1.52. The number of piperidine rings is 1. The molecule has 0 spiro atoms. The maximum Gasteiger partial charge on any atom is 0.306 e. The topological polar surface area (TPSA) is 49.8 Å². The van der Waals surface area contributed by atoms with Crippen LogP contribution in [0.2, 0.25) is 0 Å². The SMILES string of the molecule is COCc1ccc(CN2CCC(C(=O)O)CC2)cc1. The minimum atomic E-state index is -0.649. The Labute approximate surface area is 114 Å². The molecule has 1 aliphatic rings. The molecule has 0 radical (unpaired) electrons. The number of hydrogen-bond acceptors (Lipinski definition) is 3. The minimum Gasteiger partial charge on any atom is -0.481 e. The lowest BCUT2D eigenvalue weighted by Crippen LogP contribution is -2.35. The van der Waals surface area contributed by atoms with Gasteiger partial charge in [-0.15, -0.1) is 0 Å². The van der Waals surface area contributed by atoms with Gasteiger partial charge in [-0.1, -0.05) is 24.3 Å². The summed E-state index contributed by atoms with van der Waals surface area (Å²) in [6, 6.07) is 8.42.